The molecule has 2 aromatic heterocycles. The molecule has 0 atom stereocenters. The third kappa shape index (κ3) is 2.27. The van der Waals surface area contributed by atoms with Crippen LogP contribution in [0.3, 0.4) is 0 Å². The number of H-pyrrole nitrogens is 1. The van der Waals surface area contributed by atoms with Crippen molar-refractivity contribution in [3.8, 4) is 0 Å². The lowest BCUT2D eigenvalue weighted by Gasteiger charge is -2.05. The first-order chi connectivity index (χ1) is 9.56. The Morgan fingerprint density at radius 2 is 2.30 bits per heavy atom. The molecule has 4 N–H and O–H groups in total. The maximum atomic E-state index is 11.6. The van der Waals surface area contributed by atoms with Gasteiger partial charge in [-0.1, -0.05) is 0 Å². The van der Waals surface area contributed by atoms with Crippen LogP contribution in [-0.4, -0.2) is 30.8 Å². The van der Waals surface area contributed by atoms with E-state index in [0.717, 1.165) is 24.6 Å². The lowest BCUT2D eigenvalue weighted by Crippen LogP contribution is -2.16. The molecule has 1 saturated carbocycles. The second kappa shape index (κ2) is 4.67. The highest BCUT2D eigenvalue weighted by atomic mass is 32.2. The van der Waals surface area contributed by atoms with E-state index >= 15 is 0 Å². The fourth-order valence-electron chi connectivity index (χ4n) is 1.77. The summed E-state index contributed by atoms with van der Waals surface area (Å²) in [6, 6.07) is 1.52. The topological polar surface area (TPSA) is 127 Å². The van der Waals surface area contributed by atoms with Crippen LogP contribution in [0.1, 0.15) is 29.2 Å². The number of nitrogens with one attached hydrogen (secondary N) is 1. The van der Waals surface area contributed by atoms with E-state index in [1.54, 1.807) is 4.57 Å². The van der Waals surface area contributed by atoms with Crippen LogP contribution in [0, 0.1) is 0 Å². The zero-order valence-corrected chi connectivity index (χ0v) is 11.1. The van der Waals surface area contributed by atoms with Gasteiger partial charge >= 0.3 is 11.7 Å². The molecule has 0 unspecified atom stereocenters. The Balaban J connectivity index is 1.92. The molecule has 20 heavy (non-hydrogen) atoms. The number of carboxylic acids is 1. The average molecular weight is 293 g/mol. The molecule has 3 rings (SSSR count). The van der Waals surface area contributed by atoms with Crippen molar-refractivity contribution in [3.63, 3.8) is 0 Å². The second-order valence-electron chi connectivity index (χ2n) is 4.44. The van der Waals surface area contributed by atoms with Crippen LogP contribution in [0.25, 0.3) is 0 Å². The number of rotatable bonds is 4. The van der Waals surface area contributed by atoms with Crippen molar-refractivity contribution < 1.29 is 9.90 Å². The van der Waals surface area contributed by atoms with Gasteiger partial charge in [0.2, 0.25) is 0 Å². The number of hydrogen-bond donors (Lipinski definition) is 3. The van der Waals surface area contributed by atoms with Crippen molar-refractivity contribution in [3.05, 3.63) is 28.3 Å². The summed E-state index contributed by atoms with van der Waals surface area (Å²) in [7, 11) is 0. The monoisotopic (exact) mass is 293 g/mol. The molecule has 0 aliphatic heterocycles. The van der Waals surface area contributed by atoms with E-state index in [9.17, 15) is 9.59 Å². The first kappa shape index (κ1) is 12.7. The molecule has 104 valence electrons. The van der Waals surface area contributed by atoms with E-state index in [-0.39, 0.29) is 23.0 Å². The van der Waals surface area contributed by atoms with Gasteiger partial charge in [-0.3, -0.25) is 4.57 Å². The summed E-state index contributed by atoms with van der Waals surface area (Å²) in [5.74, 6) is -1.09. The molecular weight excluding hydrogens is 282 g/mol. The Hall–Kier alpha value is -2.29. The summed E-state index contributed by atoms with van der Waals surface area (Å²) in [4.78, 5) is 26.5. The number of anilines is 1. The van der Waals surface area contributed by atoms with Crippen LogP contribution in [-0.2, 0) is 0 Å². The first-order valence-corrected chi connectivity index (χ1v) is 6.71. The van der Waals surface area contributed by atoms with Crippen LogP contribution >= 0.6 is 11.8 Å². The molecule has 0 bridgehead atoms. The molecule has 0 aromatic carbocycles. The number of aromatic nitrogens is 4. The van der Waals surface area contributed by atoms with E-state index in [4.69, 9.17) is 10.8 Å². The molecule has 1 fully saturated rings. The van der Waals surface area contributed by atoms with Crippen molar-refractivity contribution in [1.82, 2.24) is 19.7 Å². The lowest BCUT2D eigenvalue weighted by atomic mass is 10.3. The highest BCUT2D eigenvalue weighted by Crippen LogP contribution is 2.38. The maximum absolute atomic E-state index is 11.6. The van der Waals surface area contributed by atoms with Crippen LogP contribution in [0.4, 0.5) is 5.69 Å². The molecule has 0 spiro atoms. The average Bonchev–Trinajstić information content (AvgIpc) is 3.17. The van der Waals surface area contributed by atoms with Crippen LogP contribution < -0.4 is 11.4 Å². The Labute approximate surface area is 117 Å². The van der Waals surface area contributed by atoms with Crippen LogP contribution in [0.2, 0.25) is 0 Å². The van der Waals surface area contributed by atoms with Gasteiger partial charge in [0.1, 0.15) is 5.03 Å². The molecule has 9 heteroatoms. The van der Waals surface area contributed by atoms with E-state index < -0.39 is 5.97 Å². The molecule has 1 aliphatic rings. The number of nitrogens with zero attached hydrogens (tertiary/aromatic N) is 3. The van der Waals surface area contributed by atoms with Crippen molar-refractivity contribution in [2.45, 2.75) is 29.1 Å². The molecule has 0 amide bonds. The van der Waals surface area contributed by atoms with Crippen LogP contribution in [0.5, 0.6) is 0 Å². The normalized spacial score (nSPS) is 14.4. The number of nitrogens with two attached hydrogens (primary N) is 1. The third-order valence-electron chi connectivity index (χ3n) is 2.90. The molecule has 0 radical (unpaired) electrons. The van der Waals surface area contributed by atoms with E-state index in [0.29, 0.717) is 10.2 Å². The maximum Gasteiger partial charge on any atom is 0.344 e. The van der Waals surface area contributed by atoms with Crippen molar-refractivity contribution in [2.24, 2.45) is 0 Å². The molecule has 2 heterocycles. The van der Waals surface area contributed by atoms with Gasteiger partial charge < -0.3 is 10.8 Å². The molecular formula is C11H11N5O3S. The first-order valence-electron chi connectivity index (χ1n) is 5.90. The SMILES string of the molecule is Nc1cc(C(=O)O)cnc1Sc1n[nH]c(=O)n1C1CC1. The summed E-state index contributed by atoms with van der Waals surface area (Å²) in [6.07, 6.45) is 3.13. The quantitative estimate of drug-likeness (QED) is 0.758. The zero-order chi connectivity index (χ0) is 14.3. The van der Waals surface area contributed by atoms with Gasteiger partial charge in [-0.2, -0.15) is 0 Å². The lowest BCUT2D eigenvalue weighted by molar-refractivity contribution is 0.0696. The van der Waals surface area contributed by atoms with E-state index in [2.05, 4.69) is 15.2 Å². The van der Waals surface area contributed by atoms with Crippen molar-refractivity contribution >= 4 is 23.4 Å². The van der Waals surface area contributed by atoms with Gasteiger partial charge in [-0.25, -0.2) is 19.7 Å². The highest BCUT2D eigenvalue weighted by molar-refractivity contribution is 7.99. The van der Waals surface area contributed by atoms with Crippen molar-refractivity contribution in [1.29, 1.82) is 0 Å². The van der Waals surface area contributed by atoms with Gasteiger partial charge in [0.05, 0.1) is 11.3 Å². The van der Waals surface area contributed by atoms with Gasteiger partial charge in [0.25, 0.3) is 0 Å². The minimum absolute atomic E-state index is 0.0217. The minimum Gasteiger partial charge on any atom is -0.478 e. The molecule has 8 nitrogen and oxygen atoms in total. The van der Waals surface area contributed by atoms with Gasteiger partial charge in [-0.05, 0) is 30.7 Å². The predicted octanol–water partition coefficient (Wildman–Crippen LogP) is 0.733. The molecule has 0 saturated heterocycles. The van der Waals surface area contributed by atoms with E-state index in [1.807, 2.05) is 0 Å². The highest BCUT2D eigenvalue weighted by Gasteiger charge is 2.29. The standard InChI is InChI=1S/C11H11N5O3S/c12-7-3-5(9(17)18)4-13-8(7)20-11-15-14-10(19)16(11)6-1-2-6/h3-4,6H,1-2,12H2,(H,14,19)(H,17,18). The van der Waals surface area contributed by atoms with Gasteiger partial charge in [0, 0.05) is 12.2 Å². The predicted molar refractivity (Wildman–Crippen MR) is 70.9 cm³/mol. The Morgan fingerprint density at radius 3 is 2.90 bits per heavy atom. The summed E-state index contributed by atoms with van der Waals surface area (Å²) < 4.78 is 1.58. The summed E-state index contributed by atoms with van der Waals surface area (Å²) in [5, 5.41) is 16.1. The summed E-state index contributed by atoms with van der Waals surface area (Å²) >= 11 is 1.14. The number of pyridine rings is 1. The number of carbonyl (C=O) groups is 1. The minimum atomic E-state index is -1.09. The number of aromatic amines is 1. The number of aromatic carboxylic acids is 1. The Bertz CT molecular complexity index is 734. The van der Waals surface area contributed by atoms with E-state index in [1.165, 1.54) is 12.3 Å². The number of nitrogen functional groups attached to an aromatic ring is 1. The third-order valence-corrected chi connectivity index (χ3v) is 3.90. The second-order valence-corrected chi connectivity index (χ2v) is 5.39. The summed E-state index contributed by atoms with van der Waals surface area (Å²) in [6.45, 7) is 0. The van der Waals surface area contributed by atoms with Gasteiger partial charge in [0.15, 0.2) is 5.16 Å². The smallest absolute Gasteiger partial charge is 0.344 e. The van der Waals surface area contributed by atoms with Crippen LogP contribution in [0.15, 0.2) is 27.2 Å². The zero-order valence-electron chi connectivity index (χ0n) is 10.2. The fraction of sp³-hybridized carbons (Fsp3) is 0.273. The van der Waals surface area contributed by atoms with Gasteiger partial charge in [-0.15, -0.1) is 5.10 Å². The number of hydrogen-bond acceptors (Lipinski definition) is 6. The van der Waals surface area contributed by atoms with Crippen molar-refractivity contribution in [2.75, 3.05) is 5.73 Å². The summed E-state index contributed by atoms with van der Waals surface area (Å²) in [5.41, 5.74) is 5.79. The molecule has 2 aromatic rings. The number of carboxylic acid groups (broad SMARTS) is 1. The Kier molecular flexibility index (Phi) is 2.97. The molecule has 1 aliphatic carbocycles. The Morgan fingerprint density at radius 1 is 1.55 bits per heavy atom. The largest absolute Gasteiger partial charge is 0.478 e. The fourth-order valence-corrected chi connectivity index (χ4v) is 2.65.